The van der Waals surface area contributed by atoms with Crippen molar-refractivity contribution in [2.75, 3.05) is 14.2 Å². The van der Waals surface area contributed by atoms with Crippen LogP contribution in [0.1, 0.15) is 39.0 Å². The molecule has 0 rings (SSSR count). The summed E-state index contributed by atoms with van der Waals surface area (Å²) in [4.78, 5) is 22.3. The summed E-state index contributed by atoms with van der Waals surface area (Å²) in [6.07, 6.45) is 3.58. The molecule has 0 N–H and O–H groups in total. The fourth-order valence-corrected chi connectivity index (χ4v) is 1.39. The van der Waals surface area contributed by atoms with E-state index in [0.717, 1.165) is 19.3 Å². The summed E-state index contributed by atoms with van der Waals surface area (Å²) in [5.41, 5.74) is 0. The number of hydrogen-bond donors (Lipinski definition) is 0. The van der Waals surface area contributed by atoms with Crippen LogP contribution in [0.4, 0.5) is 0 Å². The van der Waals surface area contributed by atoms with Gasteiger partial charge in [-0.25, -0.2) is 0 Å². The smallest absolute Gasteiger partial charge is 0.308 e. The highest BCUT2D eigenvalue weighted by Crippen LogP contribution is 2.16. The zero-order valence-electron chi connectivity index (χ0n) is 9.75. The maximum Gasteiger partial charge on any atom is 0.308 e. The van der Waals surface area contributed by atoms with Crippen molar-refractivity contribution in [3.63, 3.8) is 0 Å². The van der Waals surface area contributed by atoms with Crippen LogP contribution in [0.25, 0.3) is 0 Å². The molecule has 0 aromatic rings. The van der Waals surface area contributed by atoms with Crippen LogP contribution in [0, 0.1) is 5.92 Å². The van der Waals surface area contributed by atoms with E-state index in [1.165, 1.54) is 14.2 Å². The summed E-state index contributed by atoms with van der Waals surface area (Å²) in [6.45, 7) is 2.06. The van der Waals surface area contributed by atoms with Gasteiger partial charge in [0.2, 0.25) is 0 Å². The molecule has 0 aliphatic rings. The molecule has 1 unspecified atom stereocenters. The van der Waals surface area contributed by atoms with E-state index in [4.69, 9.17) is 0 Å². The summed E-state index contributed by atoms with van der Waals surface area (Å²) in [7, 11) is 2.72. The minimum Gasteiger partial charge on any atom is -0.469 e. The van der Waals surface area contributed by atoms with Crippen molar-refractivity contribution in [2.24, 2.45) is 5.92 Å². The second kappa shape index (κ2) is 8.26. The van der Waals surface area contributed by atoms with Crippen LogP contribution in [-0.2, 0) is 19.1 Å². The zero-order chi connectivity index (χ0) is 11.7. The first-order valence-electron chi connectivity index (χ1n) is 5.30. The van der Waals surface area contributed by atoms with Crippen molar-refractivity contribution < 1.29 is 19.1 Å². The molecule has 0 aromatic carbocycles. The van der Waals surface area contributed by atoms with Gasteiger partial charge in [-0.15, -0.1) is 0 Å². The van der Waals surface area contributed by atoms with E-state index in [-0.39, 0.29) is 24.3 Å². The fourth-order valence-electron chi connectivity index (χ4n) is 1.39. The van der Waals surface area contributed by atoms with Gasteiger partial charge in [0.25, 0.3) is 0 Å². The number of esters is 2. The first-order chi connectivity index (χ1) is 7.15. The molecule has 88 valence electrons. The number of rotatable bonds is 7. The van der Waals surface area contributed by atoms with Crippen molar-refractivity contribution in [1.82, 2.24) is 0 Å². The van der Waals surface area contributed by atoms with Gasteiger partial charge in [0.1, 0.15) is 0 Å². The van der Waals surface area contributed by atoms with Crippen LogP contribution >= 0.6 is 0 Å². The molecule has 0 aromatic heterocycles. The molecular weight excluding hydrogens is 196 g/mol. The van der Waals surface area contributed by atoms with E-state index in [2.05, 4.69) is 16.4 Å². The van der Waals surface area contributed by atoms with Crippen LogP contribution in [0.5, 0.6) is 0 Å². The molecule has 0 aliphatic heterocycles. The van der Waals surface area contributed by atoms with Crippen molar-refractivity contribution in [3.8, 4) is 0 Å². The Bertz CT molecular complexity index is 201. The Balaban J connectivity index is 4.00. The van der Waals surface area contributed by atoms with E-state index in [1.807, 2.05) is 0 Å². The second-order valence-electron chi connectivity index (χ2n) is 3.48. The standard InChI is InChI=1S/C11H20O4/c1-4-5-6-9(11(13)15-3)7-8-10(12)14-2/h9H,4-8H2,1-3H3. The summed E-state index contributed by atoms with van der Waals surface area (Å²) in [5, 5.41) is 0. The Morgan fingerprint density at radius 1 is 1.13 bits per heavy atom. The Morgan fingerprint density at radius 3 is 2.27 bits per heavy atom. The molecule has 0 spiro atoms. The topological polar surface area (TPSA) is 52.6 Å². The summed E-state index contributed by atoms with van der Waals surface area (Å²) < 4.78 is 9.21. The van der Waals surface area contributed by atoms with Gasteiger partial charge in [-0.05, 0) is 12.8 Å². The Hall–Kier alpha value is -1.06. The molecule has 15 heavy (non-hydrogen) atoms. The van der Waals surface area contributed by atoms with Crippen molar-refractivity contribution >= 4 is 11.9 Å². The number of unbranched alkanes of at least 4 members (excludes halogenated alkanes) is 1. The Morgan fingerprint density at radius 2 is 1.80 bits per heavy atom. The molecule has 0 bridgehead atoms. The van der Waals surface area contributed by atoms with E-state index in [9.17, 15) is 9.59 Å². The number of hydrogen-bond acceptors (Lipinski definition) is 4. The summed E-state index contributed by atoms with van der Waals surface area (Å²) >= 11 is 0. The van der Waals surface area contributed by atoms with E-state index in [1.54, 1.807) is 0 Å². The van der Waals surface area contributed by atoms with Crippen molar-refractivity contribution in [1.29, 1.82) is 0 Å². The minimum absolute atomic E-state index is 0.172. The molecule has 0 fully saturated rings. The molecule has 1 atom stereocenters. The Labute approximate surface area is 90.9 Å². The SMILES string of the molecule is CCCCC(CCC(=O)OC)C(=O)OC. The lowest BCUT2D eigenvalue weighted by atomic mass is 9.97. The van der Waals surface area contributed by atoms with Gasteiger partial charge in [-0.3, -0.25) is 9.59 Å². The lowest BCUT2D eigenvalue weighted by Gasteiger charge is -2.12. The van der Waals surface area contributed by atoms with Gasteiger partial charge >= 0.3 is 11.9 Å². The molecule has 0 radical (unpaired) electrons. The molecule has 4 nitrogen and oxygen atoms in total. The summed E-state index contributed by atoms with van der Waals surface area (Å²) in [5.74, 6) is -0.679. The Kier molecular flexibility index (Phi) is 7.68. The third kappa shape index (κ3) is 6.10. The zero-order valence-corrected chi connectivity index (χ0v) is 9.75. The molecule has 0 aliphatic carbocycles. The van der Waals surface area contributed by atoms with Crippen molar-refractivity contribution in [3.05, 3.63) is 0 Å². The van der Waals surface area contributed by atoms with E-state index >= 15 is 0 Å². The molecule has 0 saturated heterocycles. The van der Waals surface area contributed by atoms with Crippen LogP contribution in [-0.4, -0.2) is 26.2 Å². The van der Waals surface area contributed by atoms with Gasteiger partial charge < -0.3 is 9.47 Å². The molecule has 0 amide bonds. The maximum atomic E-state index is 11.3. The van der Waals surface area contributed by atoms with Gasteiger partial charge in [0.05, 0.1) is 20.1 Å². The van der Waals surface area contributed by atoms with Gasteiger partial charge in [-0.2, -0.15) is 0 Å². The number of carbonyl (C=O) groups is 2. The normalized spacial score (nSPS) is 11.9. The molecular formula is C11H20O4. The average molecular weight is 216 g/mol. The lowest BCUT2D eigenvalue weighted by Crippen LogP contribution is -2.17. The largest absolute Gasteiger partial charge is 0.469 e. The quantitative estimate of drug-likeness (QED) is 0.610. The van der Waals surface area contributed by atoms with Crippen molar-refractivity contribution in [2.45, 2.75) is 39.0 Å². The van der Waals surface area contributed by atoms with Crippen LogP contribution < -0.4 is 0 Å². The second-order valence-corrected chi connectivity index (χ2v) is 3.48. The van der Waals surface area contributed by atoms with Crippen LogP contribution in [0.2, 0.25) is 0 Å². The summed E-state index contributed by atoms with van der Waals surface area (Å²) in [6, 6.07) is 0. The highest BCUT2D eigenvalue weighted by atomic mass is 16.5. The molecule has 0 saturated carbocycles. The van der Waals surface area contributed by atoms with Gasteiger partial charge in [-0.1, -0.05) is 19.8 Å². The number of methoxy groups -OCH3 is 2. The predicted molar refractivity (Wildman–Crippen MR) is 56.3 cm³/mol. The lowest BCUT2D eigenvalue weighted by molar-refractivity contribution is -0.147. The number of ether oxygens (including phenoxy) is 2. The predicted octanol–water partition coefficient (Wildman–Crippen LogP) is 1.92. The minimum atomic E-state index is -0.277. The van der Waals surface area contributed by atoms with Crippen LogP contribution in [0.15, 0.2) is 0 Å². The monoisotopic (exact) mass is 216 g/mol. The van der Waals surface area contributed by atoms with Crippen LogP contribution in [0.3, 0.4) is 0 Å². The third-order valence-corrected chi connectivity index (χ3v) is 2.37. The van der Waals surface area contributed by atoms with E-state index in [0.29, 0.717) is 6.42 Å². The first-order valence-corrected chi connectivity index (χ1v) is 5.30. The van der Waals surface area contributed by atoms with Gasteiger partial charge in [0, 0.05) is 6.42 Å². The first kappa shape index (κ1) is 13.9. The van der Waals surface area contributed by atoms with Gasteiger partial charge in [0.15, 0.2) is 0 Å². The number of carbonyl (C=O) groups excluding carboxylic acids is 2. The molecule has 4 heteroatoms. The average Bonchev–Trinajstić information content (AvgIpc) is 2.27. The molecule has 0 heterocycles. The highest BCUT2D eigenvalue weighted by molar-refractivity contribution is 5.74. The van der Waals surface area contributed by atoms with E-state index < -0.39 is 0 Å². The highest BCUT2D eigenvalue weighted by Gasteiger charge is 2.19. The third-order valence-electron chi connectivity index (χ3n) is 2.37. The maximum absolute atomic E-state index is 11.3. The fraction of sp³-hybridized carbons (Fsp3) is 0.818.